The highest BCUT2D eigenvalue weighted by atomic mass is 32.1. The second kappa shape index (κ2) is 23.5. The highest BCUT2D eigenvalue weighted by Gasteiger charge is 2.05. The number of ether oxygens (including phenoxy) is 3. The Balaban J connectivity index is 1.83. The number of hydrogen-bond acceptors (Lipinski definition) is 9. The second-order valence-corrected chi connectivity index (χ2v) is 9.62. The summed E-state index contributed by atoms with van der Waals surface area (Å²) in [5, 5.41) is 13.6. The molecule has 0 fully saturated rings. The molecule has 0 spiro atoms. The minimum atomic E-state index is -0.291. The quantitative estimate of drug-likeness (QED) is 0.111. The summed E-state index contributed by atoms with van der Waals surface area (Å²) in [6.45, 7) is 6.37. The summed E-state index contributed by atoms with van der Waals surface area (Å²) in [5.74, 6) is 0.0643. The Morgan fingerprint density at radius 2 is 1.36 bits per heavy atom. The van der Waals surface area contributed by atoms with Gasteiger partial charge in [0.1, 0.15) is 5.78 Å². The number of Topliss-reactive ketones (excluding diaryl/α,β-unsaturated/α-hetero) is 1. The molecular weight excluding hydrogens is 526 g/mol. The second-order valence-electron chi connectivity index (χ2n) is 9.12. The first-order valence-corrected chi connectivity index (χ1v) is 14.2. The van der Waals surface area contributed by atoms with Gasteiger partial charge in [0.2, 0.25) is 11.8 Å². The van der Waals surface area contributed by atoms with Gasteiger partial charge >= 0.3 is 0 Å². The summed E-state index contributed by atoms with van der Waals surface area (Å²) in [5.41, 5.74) is 0.873. The van der Waals surface area contributed by atoms with Gasteiger partial charge in [0.15, 0.2) is 5.12 Å². The number of aryl methyl sites for hydroxylation is 2. The van der Waals surface area contributed by atoms with Crippen LogP contribution in [0.15, 0.2) is 6.20 Å². The summed E-state index contributed by atoms with van der Waals surface area (Å²) in [6.07, 6.45) is 7.83. The number of thiol groups is 1. The van der Waals surface area contributed by atoms with Crippen LogP contribution < -0.4 is 10.6 Å². The molecule has 0 saturated heterocycles. The average molecular weight is 572 g/mol. The lowest BCUT2D eigenvalue weighted by molar-refractivity contribution is -0.123. The van der Waals surface area contributed by atoms with Crippen LogP contribution >= 0.6 is 12.6 Å². The minimum absolute atomic E-state index is 0.0160. The van der Waals surface area contributed by atoms with Crippen molar-refractivity contribution in [2.75, 3.05) is 52.7 Å². The standard InChI is InChI=1S/C26H45N5O7S/c1-22(32)7-2-3-14-31-21-23(29-30-31)8-4-9-24(33)27-12-5-15-36-17-19-38-20-18-37-16-6-13-28-25(34)10-11-26(35)39/h21H,2-20H2,1H3,(H,27,33)(H,28,34)(H,35,39). The van der Waals surface area contributed by atoms with Crippen molar-refractivity contribution < 1.29 is 33.4 Å². The predicted octanol–water partition coefficient (Wildman–Crippen LogP) is 1.66. The van der Waals surface area contributed by atoms with E-state index in [4.69, 9.17) is 14.2 Å². The van der Waals surface area contributed by atoms with Gasteiger partial charge in [-0.15, -0.1) is 17.7 Å². The maximum atomic E-state index is 12.0. The fourth-order valence-electron chi connectivity index (χ4n) is 3.38. The van der Waals surface area contributed by atoms with Gasteiger partial charge in [-0.05, 0) is 45.4 Å². The van der Waals surface area contributed by atoms with Gasteiger partial charge in [0.25, 0.3) is 0 Å². The van der Waals surface area contributed by atoms with Crippen molar-refractivity contribution in [2.24, 2.45) is 0 Å². The largest absolute Gasteiger partial charge is 0.379 e. The lowest BCUT2D eigenvalue weighted by atomic mass is 10.2. The number of ketones is 1. The minimum Gasteiger partial charge on any atom is -0.379 e. The maximum absolute atomic E-state index is 12.0. The summed E-state index contributed by atoms with van der Waals surface area (Å²) < 4.78 is 18.2. The zero-order valence-corrected chi connectivity index (χ0v) is 24.1. The molecule has 0 radical (unpaired) electrons. The summed E-state index contributed by atoms with van der Waals surface area (Å²) in [6, 6.07) is 0. The Morgan fingerprint density at radius 3 is 1.95 bits per heavy atom. The summed E-state index contributed by atoms with van der Waals surface area (Å²) in [4.78, 5) is 45.1. The third-order valence-electron chi connectivity index (χ3n) is 5.47. The Bertz CT molecular complexity index is 837. The molecule has 1 rings (SSSR count). The van der Waals surface area contributed by atoms with E-state index in [9.17, 15) is 19.2 Å². The lowest BCUT2D eigenvalue weighted by Crippen LogP contribution is -2.25. The smallest absolute Gasteiger partial charge is 0.220 e. The van der Waals surface area contributed by atoms with Crippen LogP contribution in [0.1, 0.15) is 70.4 Å². The van der Waals surface area contributed by atoms with Crippen LogP contribution in [-0.4, -0.2) is 90.4 Å². The van der Waals surface area contributed by atoms with E-state index < -0.39 is 0 Å². The normalized spacial score (nSPS) is 10.9. The molecule has 12 nitrogen and oxygen atoms in total. The molecule has 0 aliphatic carbocycles. The number of unbranched alkanes of at least 4 members (excludes halogenated alkanes) is 1. The molecule has 13 heteroatoms. The molecule has 2 amide bonds. The Hall–Kier alpha value is -2.35. The first-order valence-electron chi connectivity index (χ1n) is 13.7. The zero-order chi connectivity index (χ0) is 28.6. The van der Waals surface area contributed by atoms with Crippen molar-refractivity contribution in [3.63, 3.8) is 0 Å². The molecule has 1 aromatic heterocycles. The first-order chi connectivity index (χ1) is 18.9. The fraction of sp³-hybridized carbons (Fsp3) is 0.769. The van der Waals surface area contributed by atoms with E-state index in [1.807, 2.05) is 6.20 Å². The molecule has 0 atom stereocenters. The molecular formula is C26H45N5O7S. The van der Waals surface area contributed by atoms with Crippen molar-refractivity contribution >= 4 is 35.3 Å². The van der Waals surface area contributed by atoms with E-state index >= 15 is 0 Å². The van der Waals surface area contributed by atoms with Gasteiger partial charge in [0.05, 0.1) is 32.1 Å². The van der Waals surface area contributed by atoms with Gasteiger partial charge in [-0.2, -0.15) is 0 Å². The van der Waals surface area contributed by atoms with Gasteiger partial charge in [0, 0.05) is 64.7 Å². The molecule has 0 aliphatic heterocycles. The number of amides is 2. The van der Waals surface area contributed by atoms with Crippen molar-refractivity contribution in [1.82, 2.24) is 25.6 Å². The van der Waals surface area contributed by atoms with Gasteiger partial charge < -0.3 is 29.6 Å². The average Bonchev–Trinajstić information content (AvgIpc) is 3.35. The van der Waals surface area contributed by atoms with Gasteiger partial charge in [-0.1, -0.05) is 5.21 Å². The highest BCUT2D eigenvalue weighted by molar-refractivity contribution is 7.96. The monoisotopic (exact) mass is 571 g/mol. The fourth-order valence-corrected chi connectivity index (χ4v) is 3.50. The molecule has 0 unspecified atom stereocenters. The molecule has 1 heterocycles. The number of aromatic nitrogens is 3. The van der Waals surface area contributed by atoms with Crippen LogP contribution in [0.5, 0.6) is 0 Å². The van der Waals surface area contributed by atoms with Gasteiger partial charge in [-0.3, -0.25) is 19.1 Å². The number of nitrogens with one attached hydrogen (secondary N) is 2. The van der Waals surface area contributed by atoms with E-state index in [1.54, 1.807) is 11.6 Å². The molecule has 0 aromatic carbocycles. The topological polar surface area (TPSA) is 151 Å². The van der Waals surface area contributed by atoms with Crippen LogP contribution in [0, 0.1) is 0 Å². The van der Waals surface area contributed by atoms with Gasteiger partial charge in [-0.25, -0.2) is 0 Å². The number of hydrogen-bond donors (Lipinski definition) is 3. The third kappa shape index (κ3) is 22.2. The van der Waals surface area contributed by atoms with Crippen LogP contribution in [0.4, 0.5) is 0 Å². The lowest BCUT2D eigenvalue weighted by Gasteiger charge is -2.08. The molecule has 0 saturated carbocycles. The van der Waals surface area contributed by atoms with Crippen LogP contribution in [-0.2, 0) is 46.4 Å². The highest BCUT2D eigenvalue weighted by Crippen LogP contribution is 2.04. The van der Waals surface area contributed by atoms with E-state index in [0.29, 0.717) is 84.8 Å². The third-order valence-corrected chi connectivity index (χ3v) is 5.70. The maximum Gasteiger partial charge on any atom is 0.220 e. The van der Waals surface area contributed by atoms with E-state index in [-0.39, 0.29) is 35.6 Å². The molecule has 222 valence electrons. The van der Waals surface area contributed by atoms with Crippen LogP contribution in [0.25, 0.3) is 0 Å². The van der Waals surface area contributed by atoms with Crippen LogP contribution in [0.3, 0.4) is 0 Å². The Morgan fingerprint density at radius 1 is 0.769 bits per heavy atom. The number of nitrogens with zero attached hydrogens (tertiary/aromatic N) is 3. The number of carbonyl (C=O) groups excluding carboxylic acids is 4. The Labute approximate surface area is 236 Å². The van der Waals surface area contributed by atoms with Crippen molar-refractivity contribution in [3.8, 4) is 0 Å². The van der Waals surface area contributed by atoms with Crippen LogP contribution in [0.2, 0.25) is 0 Å². The SMILES string of the molecule is CC(=O)CCCCn1cc(CCCC(=O)NCCCOCCOCCOCCCNC(=O)CCC(=O)S)nn1. The molecule has 39 heavy (non-hydrogen) atoms. The Kier molecular flexibility index (Phi) is 20.9. The van der Waals surface area contributed by atoms with Crippen molar-refractivity contribution in [3.05, 3.63) is 11.9 Å². The van der Waals surface area contributed by atoms with Crippen molar-refractivity contribution in [2.45, 2.75) is 77.7 Å². The summed E-state index contributed by atoms with van der Waals surface area (Å²) >= 11 is 3.63. The molecule has 1 aromatic rings. The van der Waals surface area contributed by atoms with E-state index in [1.165, 1.54) is 0 Å². The van der Waals surface area contributed by atoms with Crippen molar-refractivity contribution in [1.29, 1.82) is 0 Å². The summed E-state index contributed by atoms with van der Waals surface area (Å²) in [7, 11) is 0. The molecule has 2 N–H and O–H groups in total. The first kappa shape index (κ1) is 34.7. The number of rotatable bonds is 26. The molecule has 0 aliphatic rings. The van der Waals surface area contributed by atoms with E-state index in [0.717, 1.165) is 31.5 Å². The predicted molar refractivity (Wildman–Crippen MR) is 148 cm³/mol. The number of carbonyl (C=O) groups is 4. The van der Waals surface area contributed by atoms with E-state index in [2.05, 4.69) is 33.6 Å². The molecule has 0 bridgehead atoms. The zero-order valence-electron chi connectivity index (χ0n) is 23.2.